The van der Waals surface area contributed by atoms with E-state index in [0.717, 1.165) is 18.5 Å². The van der Waals surface area contributed by atoms with Gasteiger partial charge in [-0.3, -0.25) is 4.79 Å². The van der Waals surface area contributed by atoms with Gasteiger partial charge in [-0.05, 0) is 41.5 Å². The fraction of sp³-hybridized carbons (Fsp3) is 0.533. The van der Waals surface area contributed by atoms with Crippen LogP contribution in [-0.4, -0.2) is 5.91 Å². The maximum absolute atomic E-state index is 12.0. The molecule has 18 heavy (non-hydrogen) atoms. The zero-order valence-corrected chi connectivity index (χ0v) is 11.4. The van der Waals surface area contributed by atoms with Gasteiger partial charge in [0.2, 0.25) is 5.91 Å². The number of nitrogens with two attached hydrogens (primary N) is 1. The van der Waals surface area contributed by atoms with Crippen LogP contribution in [0.3, 0.4) is 0 Å². The summed E-state index contributed by atoms with van der Waals surface area (Å²) in [7, 11) is 0. The van der Waals surface area contributed by atoms with E-state index < -0.39 is 0 Å². The number of fused-ring (bicyclic) bond motifs is 1. The maximum atomic E-state index is 12.0. The minimum absolute atomic E-state index is 0.0344. The van der Waals surface area contributed by atoms with Crippen molar-refractivity contribution in [1.82, 2.24) is 5.32 Å². The lowest BCUT2D eigenvalue weighted by molar-refractivity contribution is -0.123. The minimum Gasteiger partial charge on any atom is -0.399 e. The highest BCUT2D eigenvalue weighted by molar-refractivity contribution is 5.77. The molecular formula is C15H22N2O. The highest BCUT2D eigenvalue weighted by Crippen LogP contribution is 2.32. The summed E-state index contributed by atoms with van der Waals surface area (Å²) < 4.78 is 0. The Morgan fingerprint density at radius 2 is 2.17 bits per heavy atom. The van der Waals surface area contributed by atoms with E-state index in [4.69, 9.17) is 5.73 Å². The number of amides is 1. The topological polar surface area (TPSA) is 55.1 Å². The third kappa shape index (κ3) is 3.03. The van der Waals surface area contributed by atoms with Crippen LogP contribution in [0.1, 0.15) is 50.8 Å². The van der Waals surface area contributed by atoms with Crippen LogP contribution in [0.25, 0.3) is 0 Å². The van der Waals surface area contributed by atoms with E-state index in [-0.39, 0.29) is 17.4 Å². The number of hydrogen-bond acceptors (Lipinski definition) is 2. The standard InChI is InChI=1S/C15H22N2O/c1-15(2,3)9-14(18)17-13-7-4-10-8-11(16)5-6-12(10)13/h5-6,8,13H,4,7,9,16H2,1-3H3,(H,17,18). The lowest BCUT2D eigenvalue weighted by atomic mass is 9.91. The number of benzene rings is 1. The second-order valence-electron chi connectivity index (χ2n) is 6.35. The molecule has 1 amide bonds. The van der Waals surface area contributed by atoms with Crippen LogP contribution >= 0.6 is 0 Å². The van der Waals surface area contributed by atoms with Gasteiger partial charge in [0.15, 0.2) is 0 Å². The van der Waals surface area contributed by atoms with Gasteiger partial charge in [-0.25, -0.2) is 0 Å². The molecule has 1 aliphatic rings. The van der Waals surface area contributed by atoms with Gasteiger partial charge < -0.3 is 11.1 Å². The van der Waals surface area contributed by atoms with Crippen molar-refractivity contribution in [1.29, 1.82) is 0 Å². The molecule has 0 radical (unpaired) electrons. The van der Waals surface area contributed by atoms with Gasteiger partial charge in [-0.2, -0.15) is 0 Å². The average molecular weight is 246 g/mol. The summed E-state index contributed by atoms with van der Waals surface area (Å²) in [6.07, 6.45) is 2.54. The Hall–Kier alpha value is -1.51. The Kier molecular flexibility index (Phi) is 3.33. The molecule has 3 N–H and O–H groups in total. The fourth-order valence-electron chi connectivity index (χ4n) is 2.51. The van der Waals surface area contributed by atoms with E-state index >= 15 is 0 Å². The summed E-state index contributed by atoms with van der Waals surface area (Å²) >= 11 is 0. The number of carbonyl (C=O) groups excluding carboxylic acids is 1. The van der Waals surface area contributed by atoms with Crippen LogP contribution in [0.2, 0.25) is 0 Å². The normalized spacial score (nSPS) is 18.5. The molecule has 0 saturated heterocycles. The van der Waals surface area contributed by atoms with E-state index in [2.05, 4.69) is 26.1 Å². The van der Waals surface area contributed by atoms with E-state index in [9.17, 15) is 4.79 Å². The van der Waals surface area contributed by atoms with Gasteiger partial charge in [-0.15, -0.1) is 0 Å². The third-order valence-electron chi connectivity index (χ3n) is 3.27. The van der Waals surface area contributed by atoms with Crippen LogP contribution in [0.5, 0.6) is 0 Å². The molecule has 2 rings (SSSR count). The molecule has 0 heterocycles. The van der Waals surface area contributed by atoms with E-state index in [1.54, 1.807) is 0 Å². The monoisotopic (exact) mass is 246 g/mol. The van der Waals surface area contributed by atoms with Crippen LogP contribution in [-0.2, 0) is 11.2 Å². The minimum atomic E-state index is 0.0344. The number of carbonyl (C=O) groups is 1. The number of anilines is 1. The van der Waals surface area contributed by atoms with Crippen LogP contribution in [0.4, 0.5) is 5.69 Å². The first-order valence-electron chi connectivity index (χ1n) is 6.53. The molecule has 1 atom stereocenters. The Morgan fingerprint density at radius 3 is 2.83 bits per heavy atom. The Balaban J connectivity index is 2.04. The molecule has 0 aromatic heterocycles. The molecule has 0 aliphatic heterocycles. The summed E-state index contributed by atoms with van der Waals surface area (Å²) in [5.41, 5.74) is 9.11. The number of nitrogen functional groups attached to an aromatic ring is 1. The highest BCUT2D eigenvalue weighted by atomic mass is 16.1. The zero-order valence-electron chi connectivity index (χ0n) is 11.4. The zero-order chi connectivity index (χ0) is 13.3. The van der Waals surface area contributed by atoms with Crippen molar-refractivity contribution in [3.05, 3.63) is 29.3 Å². The molecule has 1 aromatic rings. The lowest BCUT2D eigenvalue weighted by Gasteiger charge is -2.20. The van der Waals surface area contributed by atoms with Crippen LogP contribution in [0.15, 0.2) is 18.2 Å². The first-order chi connectivity index (χ1) is 8.35. The average Bonchev–Trinajstić information content (AvgIpc) is 2.57. The van der Waals surface area contributed by atoms with Crippen molar-refractivity contribution in [3.63, 3.8) is 0 Å². The third-order valence-corrected chi connectivity index (χ3v) is 3.27. The second kappa shape index (κ2) is 4.63. The molecule has 0 fully saturated rings. The molecule has 3 nitrogen and oxygen atoms in total. The maximum Gasteiger partial charge on any atom is 0.221 e. The van der Waals surface area contributed by atoms with Gasteiger partial charge in [-0.1, -0.05) is 26.8 Å². The van der Waals surface area contributed by atoms with Crippen molar-refractivity contribution < 1.29 is 4.79 Å². The van der Waals surface area contributed by atoms with Gasteiger partial charge in [0, 0.05) is 12.1 Å². The van der Waals surface area contributed by atoms with E-state index in [1.807, 2.05) is 18.2 Å². The van der Waals surface area contributed by atoms with Gasteiger partial charge >= 0.3 is 0 Å². The van der Waals surface area contributed by atoms with Gasteiger partial charge in [0.1, 0.15) is 0 Å². The highest BCUT2D eigenvalue weighted by Gasteiger charge is 2.25. The number of hydrogen-bond donors (Lipinski definition) is 2. The quantitative estimate of drug-likeness (QED) is 0.788. The Labute approximate surface area is 109 Å². The predicted molar refractivity (Wildman–Crippen MR) is 74.1 cm³/mol. The molecule has 98 valence electrons. The number of aryl methyl sites for hydroxylation is 1. The van der Waals surface area contributed by atoms with Crippen LogP contribution < -0.4 is 11.1 Å². The molecule has 3 heteroatoms. The van der Waals surface area contributed by atoms with E-state index in [0.29, 0.717) is 6.42 Å². The van der Waals surface area contributed by atoms with Gasteiger partial charge in [0.25, 0.3) is 0 Å². The molecule has 1 aliphatic carbocycles. The van der Waals surface area contributed by atoms with Crippen molar-refractivity contribution in [2.24, 2.45) is 5.41 Å². The second-order valence-corrected chi connectivity index (χ2v) is 6.35. The number of nitrogens with one attached hydrogen (secondary N) is 1. The summed E-state index contributed by atoms with van der Waals surface area (Å²) in [4.78, 5) is 12.0. The van der Waals surface area contributed by atoms with Gasteiger partial charge in [0.05, 0.1) is 6.04 Å². The molecule has 0 saturated carbocycles. The summed E-state index contributed by atoms with van der Waals surface area (Å²) in [5.74, 6) is 0.136. The fourth-order valence-corrected chi connectivity index (χ4v) is 2.51. The first-order valence-corrected chi connectivity index (χ1v) is 6.53. The summed E-state index contributed by atoms with van der Waals surface area (Å²) in [6.45, 7) is 6.24. The number of rotatable bonds is 2. The van der Waals surface area contributed by atoms with Crippen molar-refractivity contribution in [2.45, 2.75) is 46.1 Å². The largest absolute Gasteiger partial charge is 0.399 e. The van der Waals surface area contributed by atoms with Crippen molar-refractivity contribution in [3.8, 4) is 0 Å². The molecular weight excluding hydrogens is 224 g/mol. The first kappa shape index (κ1) is 12.9. The summed E-state index contributed by atoms with van der Waals surface area (Å²) in [6, 6.07) is 6.13. The lowest BCUT2D eigenvalue weighted by Crippen LogP contribution is -2.30. The Bertz CT molecular complexity index is 460. The Morgan fingerprint density at radius 1 is 1.44 bits per heavy atom. The van der Waals surface area contributed by atoms with Crippen molar-refractivity contribution >= 4 is 11.6 Å². The smallest absolute Gasteiger partial charge is 0.221 e. The van der Waals surface area contributed by atoms with Crippen molar-refractivity contribution in [2.75, 3.05) is 5.73 Å². The molecule has 0 spiro atoms. The molecule has 1 aromatic carbocycles. The molecule has 0 bridgehead atoms. The van der Waals surface area contributed by atoms with Crippen LogP contribution in [0, 0.1) is 5.41 Å². The predicted octanol–water partition coefficient (Wildman–Crippen LogP) is 2.81. The summed E-state index contributed by atoms with van der Waals surface area (Å²) in [5, 5.41) is 3.13. The SMILES string of the molecule is CC(C)(C)CC(=O)NC1CCc2cc(N)ccc21. The molecule has 1 unspecified atom stereocenters. The van der Waals surface area contributed by atoms with E-state index in [1.165, 1.54) is 11.1 Å².